The number of fused-ring (bicyclic) bond motifs is 2. The first-order valence-corrected chi connectivity index (χ1v) is 12.8. The van der Waals surface area contributed by atoms with E-state index in [1.165, 1.54) is 12.1 Å². The van der Waals surface area contributed by atoms with Crippen LogP contribution in [-0.4, -0.2) is 63.7 Å². The molecule has 9 heteroatoms. The summed E-state index contributed by atoms with van der Waals surface area (Å²) in [7, 11) is -8.77. The molecule has 0 aliphatic carbocycles. The van der Waals surface area contributed by atoms with Crippen LogP contribution in [0.5, 0.6) is 0 Å². The van der Waals surface area contributed by atoms with Crippen molar-refractivity contribution in [3.63, 3.8) is 0 Å². The summed E-state index contributed by atoms with van der Waals surface area (Å²) in [4.78, 5) is -0.206. The zero-order valence-corrected chi connectivity index (χ0v) is 22.2. The Labute approximate surface area is 224 Å². The Balaban J connectivity index is 0.000000227. The molecule has 0 radical (unpaired) electrons. The second kappa shape index (κ2) is 11.3. The number of hydrogen-bond donors (Lipinski definition) is 0. The summed E-state index contributed by atoms with van der Waals surface area (Å²) in [5, 5.41) is 3.45. The van der Waals surface area contributed by atoms with Crippen LogP contribution in [0.2, 0.25) is 0 Å². The molecule has 0 atom stereocenters. The molecule has 0 saturated heterocycles. The number of rotatable bonds is 4. The molecule has 0 saturated carbocycles. The van der Waals surface area contributed by atoms with Crippen LogP contribution >= 0.6 is 0 Å². The SMILES string of the molecule is CCc1cc2ccccc2cc1S(=O)(=O)[O-].CCc1cc2ccccc2cc1S(=O)(=O)[O-].[Ca+2]. The van der Waals surface area contributed by atoms with E-state index in [0.717, 1.165) is 21.5 Å². The molecular weight excluding hydrogens is 488 g/mol. The van der Waals surface area contributed by atoms with Gasteiger partial charge in [-0.1, -0.05) is 62.4 Å². The third kappa shape index (κ3) is 6.76. The largest absolute Gasteiger partial charge is 2.00 e. The summed E-state index contributed by atoms with van der Waals surface area (Å²) in [6, 6.07) is 21.2. The fourth-order valence-electron chi connectivity index (χ4n) is 3.55. The van der Waals surface area contributed by atoms with Crippen molar-refractivity contribution >= 4 is 79.5 Å². The Hall–Kier alpha value is -1.52. The molecule has 4 rings (SSSR count). The Morgan fingerprint density at radius 2 is 0.848 bits per heavy atom. The topological polar surface area (TPSA) is 114 Å². The molecule has 0 amide bonds. The van der Waals surface area contributed by atoms with Crippen molar-refractivity contribution in [2.75, 3.05) is 0 Å². The minimum absolute atomic E-state index is 0. The van der Waals surface area contributed by atoms with E-state index in [-0.39, 0.29) is 47.5 Å². The molecule has 0 bridgehead atoms. The molecule has 0 unspecified atom stereocenters. The van der Waals surface area contributed by atoms with Crippen LogP contribution in [0, 0.1) is 0 Å². The van der Waals surface area contributed by atoms with Gasteiger partial charge in [0.05, 0.1) is 9.79 Å². The molecule has 168 valence electrons. The van der Waals surface area contributed by atoms with Crippen molar-refractivity contribution in [1.82, 2.24) is 0 Å². The van der Waals surface area contributed by atoms with Crippen LogP contribution in [0.25, 0.3) is 21.5 Å². The molecule has 0 heterocycles. The minimum atomic E-state index is -4.39. The summed E-state index contributed by atoms with van der Waals surface area (Å²) in [5.41, 5.74) is 1.16. The van der Waals surface area contributed by atoms with Crippen LogP contribution in [-0.2, 0) is 33.1 Å². The zero-order valence-electron chi connectivity index (χ0n) is 18.3. The first-order chi connectivity index (χ1) is 15.0. The molecule has 4 aromatic rings. The van der Waals surface area contributed by atoms with Crippen molar-refractivity contribution in [3.8, 4) is 0 Å². The number of hydrogen-bond acceptors (Lipinski definition) is 6. The van der Waals surface area contributed by atoms with Crippen LogP contribution < -0.4 is 0 Å². The quantitative estimate of drug-likeness (QED) is 0.300. The number of benzene rings is 4. The molecule has 4 aromatic carbocycles. The molecule has 0 spiro atoms. The van der Waals surface area contributed by atoms with Crippen LogP contribution in [0.4, 0.5) is 0 Å². The Bertz CT molecular complexity index is 1380. The molecule has 0 aliphatic rings. The van der Waals surface area contributed by atoms with Crippen molar-refractivity contribution in [2.24, 2.45) is 0 Å². The maximum atomic E-state index is 11.1. The monoisotopic (exact) mass is 510 g/mol. The van der Waals surface area contributed by atoms with Gasteiger partial charge in [0.1, 0.15) is 20.2 Å². The van der Waals surface area contributed by atoms with E-state index >= 15 is 0 Å². The van der Waals surface area contributed by atoms with Gasteiger partial charge < -0.3 is 9.11 Å². The molecular formula is C24H22CaO6S2. The molecule has 33 heavy (non-hydrogen) atoms. The van der Waals surface area contributed by atoms with Gasteiger partial charge in [0.2, 0.25) is 0 Å². The average molecular weight is 511 g/mol. The van der Waals surface area contributed by atoms with E-state index in [9.17, 15) is 25.9 Å². The van der Waals surface area contributed by atoms with Gasteiger partial charge >= 0.3 is 37.7 Å². The first-order valence-electron chi connectivity index (χ1n) is 9.99. The molecule has 0 fully saturated rings. The maximum absolute atomic E-state index is 11.1. The van der Waals surface area contributed by atoms with Gasteiger partial charge in [-0.25, -0.2) is 16.8 Å². The predicted octanol–water partition coefficient (Wildman–Crippen LogP) is 4.23. The van der Waals surface area contributed by atoms with Crippen LogP contribution in [0.3, 0.4) is 0 Å². The van der Waals surface area contributed by atoms with E-state index in [0.29, 0.717) is 24.0 Å². The van der Waals surface area contributed by atoms with E-state index in [2.05, 4.69) is 0 Å². The molecule has 0 aromatic heterocycles. The van der Waals surface area contributed by atoms with Gasteiger partial charge in [-0.05, 0) is 69.8 Å². The van der Waals surface area contributed by atoms with Gasteiger partial charge in [0.15, 0.2) is 0 Å². The summed E-state index contributed by atoms with van der Waals surface area (Å²) < 4.78 is 66.6. The second-order valence-electron chi connectivity index (χ2n) is 7.23. The van der Waals surface area contributed by atoms with Gasteiger partial charge in [-0.2, -0.15) is 0 Å². The summed E-state index contributed by atoms with van der Waals surface area (Å²) in [6.45, 7) is 3.66. The van der Waals surface area contributed by atoms with Gasteiger partial charge in [-0.3, -0.25) is 0 Å². The van der Waals surface area contributed by atoms with Gasteiger partial charge in [-0.15, -0.1) is 0 Å². The predicted molar refractivity (Wildman–Crippen MR) is 128 cm³/mol. The Morgan fingerprint density at radius 1 is 0.576 bits per heavy atom. The van der Waals surface area contributed by atoms with Crippen molar-refractivity contribution in [2.45, 2.75) is 36.5 Å². The minimum Gasteiger partial charge on any atom is -0.744 e. The van der Waals surface area contributed by atoms with E-state index in [4.69, 9.17) is 0 Å². The summed E-state index contributed by atoms with van der Waals surface area (Å²) >= 11 is 0. The van der Waals surface area contributed by atoms with Crippen LogP contribution in [0.1, 0.15) is 25.0 Å². The normalized spacial score (nSPS) is 11.5. The van der Waals surface area contributed by atoms with E-state index in [1.54, 1.807) is 24.3 Å². The third-order valence-electron chi connectivity index (χ3n) is 5.16. The fourth-order valence-corrected chi connectivity index (χ4v) is 5.14. The van der Waals surface area contributed by atoms with Gasteiger partial charge in [0.25, 0.3) is 0 Å². The molecule has 0 N–H and O–H groups in total. The standard InChI is InChI=1S/2C12H12O3S.Ca/c2*1-2-9-7-10-5-3-4-6-11(10)8-12(9)16(13,14)15;/h2*3-8H,2H2,1H3,(H,13,14,15);/q;;+2/p-2. The van der Waals surface area contributed by atoms with E-state index in [1.807, 2.05) is 50.2 Å². The second-order valence-corrected chi connectivity index (χ2v) is 9.93. The van der Waals surface area contributed by atoms with Crippen molar-refractivity contribution < 1.29 is 25.9 Å². The fraction of sp³-hybridized carbons (Fsp3) is 0.167. The Morgan fingerprint density at radius 3 is 1.09 bits per heavy atom. The maximum Gasteiger partial charge on any atom is 2.00 e. The smallest absolute Gasteiger partial charge is 0.744 e. The van der Waals surface area contributed by atoms with Crippen LogP contribution in [0.15, 0.2) is 82.6 Å². The average Bonchev–Trinajstić information content (AvgIpc) is 2.76. The number of aryl methyl sites for hydroxylation is 2. The molecule has 0 aliphatic heterocycles. The zero-order chi connectivity index (χ0) is 23.5. The van der Waals surface area contributed by atoms with E-state index < -0.39 is 20.2 Å². The van der Waals surface area contributed by atoms with Crippen molar-refractivity contribution in [1.29, 1.82) is 0 Å². The van der Waals surface area contributed by atoms with Crippen molar-refractivity contribution in [3.05, 3.63) is 83.9 Å². The molecule has 6 nitrogen and oxygen atoms in total. The summed E-state index contributed by atoms with van der Waals surface area (Å²) in [5.74, 6) is 0. The third-order valence-corrected chi connectivity index (χ3v) is 7.00. The Kier molecular flexibility index (Phi) is 9.47. The summed E-state index contributed by atoms with van der Waals surface area (Å²) in [6.07, 6.45) is 1.06. The first kappa shape index (κ1) is 27.7. The van der Waals surface area contributed by atoms with Gasteiger partial charge in [0, 0.05) is 0 Å².